The molecule has 2 saturated heterocycles. The minimum absolute atomic E-state index is 0.0453. The summed E-state index contributed by atoms with van der Waals surface area (Å²) in [6, 6.07) is 0.0904. The van der Waals surface area contributed by atoms with E-state index in [1.807, 2.05) is 7.85 Å². The van der Waals surface area contributed by atoms with Gasteiger partial charge in [0.1, 0.15) is 25.7 Å². The molecule has 0 aromatic rings. The fourth-order valence-electron chi connectivity index (χ4n) is 2.26. The fraction of sp³-hybridized carbons (Fsp3) is 1.00. The van der Waals surface area contributed by atoms with Crippen molar-refractivity contribution in [3.05, 3.63) is 0 Å². The predicted molar refractivity (Wildman–Crippen MR) is 48.6 cm³/mol. The Labute approximate surface area is 78.9 Å². The average molecular weight is 186 g/mol. The molecule has 0 aromatic heterocycles. The Morgan fingerprint density at radius 3 is 2.77 bits per heavy atom. The molecule has 74 valence electrons. The lowest BCUT2D eigenvalue weighted by atomic mass is 9.86. The first-order valence-electron chi connectivity index (χ1n) is 4.54. The first-order valence-corrected chi connectivity index (χ1v) is 4.54. The molecule has 0 aliphatic carbocycles. The SMILES string of the molecule is BC1OC2(COC)COC2C1OC. The fourth-order valence-corrected chi connectivity index (χ4v) is 2.26. The lowest BCUT2D eigenvalue weighted by Gasteiger charge is -2.43. The van der Waals surface area contributed by atoms with Crippen LogP contribution in [0.4, 0.5) is 0 Å². The van der Waals surface area contributed by atoms with Crippen LogP contribution in [0.25, 0.3) is 0 Å². The van der Waals surface area contributed by atoms with E-state index in [9.17, 15) is 0 Å². The summed E-state index contributed by atoms with van der Waals surface area (Å²) < 4.78 is 21.7. The highest BCUT2D eigenvalue weighted by Crippen LogP contribution is 2.41. The second-order valence-corrected chi connectivity index (χ2v) is 3.75. The van der Waals surface area contributed by atoms with E-state index in [-0.39, 0.29) is 23.8 Å². The average Bonchev–Trinajstić information content (AvgIpc) is 2.26. The first kappa shape index (κ1) is 9.46. The first-order chi connectivity index (χ1) is 6.23. The molecule has 0 bridgehead atoms. The van der Waals surface area contributed by atoms with Gasteiger partial charge in [-0.05, 0) is 0 Å². The predicted octanol–water partition coefficient (Wildman–Crippen LogP) is -1.23. The van der Waals surface area contributed by atoms with Crippen LogP contribution in [-0.4, -0.2) is 59.1 Å². The van der Waals surface area contributed by atoms with Crippen molar-refractivity contribution in [3.63, 3.8) is 0 Å². The van der Waals surface area contributed by atoms with Crippen molar-refractivity contribution in [3.8, 4) is 0 Å². The van der Waals surface area contributed by atoms with Gasteiger partial charge in [0.05, 0.1) is 19.2 Å². The van der Waals surface area contributed by atoms with Crippen LogP contribution in [0.2, 0.25) is 0 Å². The van der Waals surface area contributed by atoms with Gasteiger partial charge in [0.2, 0.25) is 0 Å². The van der Waals surface area contributed by atoms with Crippen molar-refractivity contribution in [1.82, 2.24) is 0 Å². The Morgan fingerprint density at radius 2 is 2.31 bits per heavy atom. The monoisotopic (exact) mass is 186 g/mol. The molecule has 0 amide bonds. The molecule has 0 spiro atoms. The van der Waals surface area contributed by atoms with Gasteiger partial charge >= 0.3 is 0 Å². The van der Waals surface area contributed by atoms with Gasteiger partial charge in [-0.2, -0.15) is 0 Å². The molecular formula is C8H15BO4. The van der Waals surface area contributed by atoms with Gasteiger partial charge in [0.25, 0.3) is 0 Å². The van der Waals surface area contributed by atoms with Crippen molar-refractivity contribution in [2.45, 2.75) is 23.8 Å². The molecule has 2 aliphatic rings. The Bertz CT molecular complexity index is 201. The summed E-state index contributed by atoms with van der Waals surface area (Å²) >= 11 is 0. The number of rotatable bonds is 3. The van der Waals surface area contributed by atoms with Gasteiger partial charge in [-0.1, -0.05) is 0 Å². The Kier molecular flexibility index (Phi) is 2.36. The molecule has 5 heteroatoms. The van der Waals surface area contributed by atoms with Crippen molar-refractivity contribution in [2.24, 2.45) is 0 Å². The number of hydrogen-bond acceptors (Lipinski definition) is 4. The summed E-state index contributed by atoms with van der Waals surface area (Å²) in [6.45, 7) is 1.21. The van der Waals surface area contributed by atoms with Crippen molar-refractivity contribution in [1.29, 1.82) is 0 Å². The second kappa shape index (κ2) is 3.24. The maximum Gasteiger partial charge on any atom is 0.143 e. The molecule has 0 radical (unpaired) electrons. The van der Waals surface area contributed by atoms with E-state index in [4.69, 9.17) is 18.9 Å². The highest BCUT2D eigenvalue weighted by atomic mass is 16.7. The molecule has 2 heterocycles. The van der Waals surface area contributed by atoms with Gasteiger partial charge in [-0.25, -0.2) is 0 Å². The Balaban J connectivity index is 2.08. The molecule has 2 aliphatic heterocycles. The summed E-state index contributed by atoms with van der Waals surface area (Å²) in [5.41, 5.74) is -0.241. The lowest BCUT2D eigenvalue weighted by molar-refractivity contribution is -0.244. The smallest absolute Gasteiger partial charge is 0.143 e. The third kappa shape index (κ3) is 1.22. The van der Waals surface area contributed by atoms with Crippen LogP contribution in [0.5, 0.6) is 0 Å². The molecule has 4 atom stereocenters. The molecular weight excluding hydrogens is 171 g/mol. The van der Waals surface area contributed by atoms with E-state index in [1.54, 1.807) is 14.2 Å². The summed E-state index contributed by atoms with van der Waals surface area (Å²) in [5.74, 6) is 0. The van der Waals surface area contributed by atoms with Crippen molar-refractivity contribution >= 4 is 7.85 Å². The third-order valence-corrected chi connectivity index (χ3v) is 2.87. The van der Waals surface area contributed by atoms with Crippen LogP contribution < -0.4 is 0 Å². The minimum Gasteiger partial charge on any atom is -0.381 e. The van der Waals surface area contributed by atoms with Gasteiger partial charge < -0.3 is 18.9 Å². The van der Waals surface area contributed by atoms with Crippen LogP contribution in [0, 0.1) is 0 Å². The van der Waals surface area contributed by atoms with E-state index in [2.05, 4.69) is 0 Å². The van der Waals surface area contributed by atoms with Crippen LogP contribution in [-0.2, 0) is 18.9 Å². The molecule has 2 rings (SSSR count). The Hall–Kier alpha value is -0.0951. The molecule has 0 N–H and O–H groups in total. The molecule has 0 aromatic carbocycles. The largest absolute Gasteiger partial charge is 0.381 e. The van der Waals surface area contributed by atoms with E-state index < -0.39 is 0 Å². The third-order valence-electron chi connectivity index (χ3n) is 2.87. The standard InChI is InChI=1S/C8H15BO4/c1-10-3-8-4-12-6(8)5(11-2)7(9)13-8/h5-7H,3-4,9H2,1-2H3. The maximum atomic E-state index is 5.82. The molecule has 2 fully saturated rings. The molecule has 13 heavy (non-hydrogen) atoms. The number of fused-ring (bicyclic) bond motifs is 1. The van der Waals surface area contributed by atoms with Crippen LogP contribution >= 0.6 is 0 Å². The second-order valence-electron chi connectivity index (χ2n) is 3.75. The number of methoxy groups -OCH3 is 2. The number of hydrogen-bond donors (Lipinski definition) is 0. The molecule has 0 saturated carbocycles. The van der Waals surface area contributed by atoms with Crippen molar-refractivity contribution < 1.29 is 18.9 Å². The summed E-state index contributed by atoms with van der Waals surface area (Å²) in [7, 11) is 5.38. The van der Waals surface area contributed by atoms with E-state index in [0.717, 1.165) is 0 Å². The summed E-state index contributed by atoms with van der Waals surface area (Å²) in [6.07, 6.45) is 0.0938. The quantitative estimate of drug-likeness (QED) is 0.517. The van der Waals surface area contributed by atoms with Crippen LogP contribution in [0.3, 0.4) is 0 Å². The zero-order valence-electron chi connectivity index (χ0n) is 8.28. The highest BCUT2D eigenvalue weighted by molar-refractivity contribution is 6.11. The summed E-state index contributed by atoms with van der Waals surface area (Å²) in [4.78, 5) is 0. The van der Waals surface area contributed by atoms with Crippen LogP contribution in [0.15, 0.2) is 0 Å². The van der Waals surface area contributed by atoms with Gasteiger partial charge in [0, 0.05) is 14.2 Å². The number of ether oxygens (including phenoxy) is 4. The Morgan fingerprint density at radius 1 is 1.54 bits per heavy atom. The van der Waals surface area contributed by atoms with Gasteiger partial charge in [-0.15, -0.1) is 0 Å². The topological polar surface area (TPSA) is 36.9 Å². The maximum absolute atomic E-state index is 5.82. The molecule has 4 nitrogen and oxygen atoms in total. The van der Waals surface area contributed by atoms with Gasteiger partial charge in [0.15, 0.2) is 0 Å². The summed E-state index contributed by atoms with van der Waals surface area (Å²) in [5, 5.41) is 0. The normalized spacial score (nSPS) is 48.6. The van der Waals surface area contributed by atoms with E-state index in [0.29, 0.717) is 13.2 Å². The highest BCUT2D eigenvalue weighted by Gasteiger charge is 2.61. The lowest BCUT2D eigenvalue weighted by Crippen LogP contribution is -2.61. The van der Waals surface area contributed by atoms with E-state index in [1.165, 1.54) is 0 Å². The minimum atomic E-state index is -0.241. The van der Waals surface area contributed by atoms with Gasteiger partial charge in [-0.3, -0.25) is 0 Å². The zero-order valence-corrected chi connectivity index (χ0v) is 8.28. The van der Waals surface area contributed by atoms with E-state index >= 15 is 0 Å². The van der Waals surface area contributed by atoms with Crippen LogP contribution in [0.1, 0.15) is 0 Å². The molecule has 4 unspecified atom stereocenters. The zero-order chi connectivity index (χ0) is 9.47. The van der Waals surface area contributed by atoms with Crippen molar-refractivity contribution in [2.75, 3.05) is 27.4 Å².